The Hall–Kier alpha value is -0.120. The zero-order valence-corrected chi connectivity index (χ0v) is 6.43. The van der Waals surface area contributed by atoms with Crippen LogP contribution in [0.15, 0.2) is 0 Å². The van der Waals surface area contributed by atoms with E-state index in [1.165, 1.54) is 0 Å². The number of methoxy groups -OCH3 is 2. The summed E-state index contributed by atoms with van der Waals surface area (Å²) in [5.41, 5.74) is 0. The monoisotopic (exact) mass is 230 g/mol. The molecule has 0 radical (unpaired) electrons. The second-order valence-electron chi connectivity index (χ2n) is 2.15. The molecule has 0 atom stereocenters. The average molecular weight is 230 g/mol. The maximum absolute atomic E-state index is 5.08. The summed E-state index contributed by atoms with van der Waals surface area (Å²) in [6, 6.07) is 0. The van der Waals surface area contributed by atoms with E-state index in [4.69, 9.17) is 9.47 Å². The van der Waals surface area contributed by atoms with E-state index in [9.17, 15) is 0 Å². The van der Waals surface area contributed by atoms with Gasteiger partial charge in [-0.3, -0.25) is 0 Å². The Morgan fingerprint density at radius 1 is 0.800 bits per heavy atom. The maximum atomic E-state index is 5.08. The molecule has 3 heteroatoms. The molecule has 0 aliphatic rings. The lowest BCUT2D eigenvalue weighted by atomic mass is 10.4. The number of rotatable bonds is 4. The molecule has 0 aromatic carbocycles. The van der Waals surface area contributed by atoms with E-state index in [0.29, 0.717) is 0 Å². The van der Waals surface area contributed by atoms with Gasteiger partial charge in [0.1, 0.15) is 6.79 Å². The van der Waals surface area contributed by atoms with Crippen LogP contribution in [0.25, 0.3) is 0 Å². The highest BCUT2D eigenvalue weighted by atomic mass is 16.8. The highest BCUT2D eigenvalue weighted by Gasteiger charge is 2.15. The zero-order chi connectivity index (χ0) is 7.33. The van der Waals surface area contributed by atoms with E-state index in [1.54, 1.807) is 14.2 Å². The van der Waals surface area contributed by atoms with Crippen molar-refractivity contribution < 1.29 is 14.2 Å². The molecule has 0 fully saturated rings. The highest BCUT2D eigenvalue weighted by molar-refractivity contribution is 4.48. The van der Waals surface area contributed by atoms with Gasteiger partial charge in [0.05, 0.1) is 0 Å². The van der Waals surface area contributed by atoms with Gasteiger partial charge in [-0.25, -0.2) is 0 Å². The van der Waals surface area contributed by atoms with E-state index >= 15 is 0 Å². The Morgan fingerprint density at radius 3 is 1.33 bits per heavy atom. The summed E-state index contributed by atoms with van der Waals surface area (Å²) in [5.74, 6) is -0.532. The topological polar surface area (TPSA) is 27.7 Å². The number of hydrogen-bond acceptors (Lipinski definition) is 3. The SMILES string of the molecule is C.C.C.C.C.C.COCOC(C)(C)OC. The molecular weight excluding hydrogens is 192 g/mol. The summed E-state index contributed by atoms with van der Waals surface area (Å²) in [5, 5.41) is 0. The maximum Gasteiger partial charge on any atom is 0.165 e. The second kappa shape index (κ2) is 23.6. The van der Waals surface area contributed by atoms with Crippen LogP contribution in [0, 0.1) is 0 Å². The first-order valence-electron chi connectivity index (χ1n) is 2.80. The van der Waals surface area contributed by atoms with Crippen molar-refractivity contribution in [1.82, 2.24) is 0 Å². The zero-order valence-electron chi connectivity index (χ0n) is 6.43. The summed E-state index contributed by atoms with van der Waals surface area (Å²) in [6.45, 7) is 3.92. The molecule has 0 aromatic rings. The number of ether oxygens (including phenoxy) is 3. The van der Waals surface area contributed by atoms with Crippen molar-refractivity contribution in [2.24, 2.45) is 0 Å². The molecule has 0 aromatic heterocycles. The third kappa shape index (κ3) is 31.5. The van der Waals surface area contributed by atoms with Crippen LogP contribution in [0.2, 0.25) is 0 Å². The van der Waals surface area contributed by atoms with Crippen molar-refractivity contribution in [2.45, 2.75) is 64.2 Å². The molecule has 0 amide bonds. The third-order valence-electron chi connectivity index (χ3n) is 1.02. The van der Waals surface area contributed by atoms with Crippen molar-refractivity contribution in [1.29, 1.82) is 0 Å². The van der Waals surface area contributed by atoms with Gasteiger partial charge in [-0.05, 0) is 13.8 Å². The Labute approximate surface area is 100 Å². The van der Waals surface area contributed by atoms with Gasteiger partial charge in [-0.2, -0.15) is 0 Å². The van der Waals surface area contributed by atoms with Crippen LogP contribution in [0.4, 0.5) is 0 Å². The molecule has 0 rings (SSSR count). The lowest BCUT2D eigenvalue weighted by molar-refractivity contribution is -0.236. The highest BCUT2D eigenvalue weighted by Crippen LogP contribution is 2.07. The molecule has 3 nitrogen and oxygen atoms in total. The Bertz CT molecular complexity index is 73.3. The van der Waals surface area contributed by atoms with Gasteiger partial charge in [-0.15, -0.1) is 0 Å². The summed E-state index contributed by atoms with van der Waals surface area (Å²) >= 11 is 0. The van der Waals surface area contributed by atoms with Crippen molar-refractivity contribution in [3.63, 3.8) is 0 Å². The fourth-order valence-corrected chi connectivity index (χ4v) is 0.260. The normalized spacial score (nSPS) is 7.20. The molecule has 15 heavy (non-hydrogen) atoms. The van der Waals surface area contributed by atoms with Crippen molar-refractivity contribution in [3.8, 4) is 0 Å². The van der Waals surface area contributed by atoms with E-state index in [0.717, 1.165) is 0 Å². The lowest BCUT2D eigenvalue weighted by Crippen LogP contribution is -2.27. The molecule has 104 valence electrons. The Balaban J connectivity index is -0.0000000213. The fraction of sp³-hybridized carbons (Fsp3) is 1.00. The smallest absolute Gasteiger partial charge is 0.165 e. The van der Waals surface area contributed by atoms with E-state index < -0.39 is 5.79 Å². The molecule has 0 heterocycles. The number of hydrogen-bond donors (Lipinski definition) is 0. The lowest BCUT2D eigenvalue weighted by Gasteiger charge is -2.22. The third-order valence-corrected chi connectivity index (χ3v) is 1.02. The van der Waals surface area contributed by atoms with Gasteiger partial charge >= 0.3 is 0 Å². The minimum atomic E-state index is -0.532. The Kier molecular flexibility index (Phi) is 72.6. The first-order valence-corrected chi connectivity index (χ1v) is 2.80. The molecule has 0 spiro atoms. The predicted octanol–water partition coefficient (Wildman–Crippen LogP) is 4.81. The van der Waals surface area contributed by atoms with Gasteiger partial charge < -0.3 is 14.2 Å². The molecule has 0 saturated heterocycles. The first kappa shape index (κ1) is 46.2. The van der Waals surface area contributed by atoms with Crippen LogP contribution in [-0.2, 0) is 14.2 Å². The fourth-order valence-electron chi connectivity index (χ4n) is 0.260. The van der Waals surface area contributed by atoms with Crippen molar-refractivity contribution >= 4 is 0 Å². The van der Waals surface area contributed by atoms with Crippen molar-refractivity contribution in [2.75, 3.05) is 21.0 Å². The molecule has 0 bridgehead atoms. The summed E-state index contributed by atoms with van der Waals surface area (Å²) < 4.78 is 14.7. The minimum Gasteiger partial charge on any atom is -0.359 e. The molecule has 0 N–H and O–H groups in total. The van der Waals surface area contributed by atoms with Gasteiger partial charge in [0.2, 0.25) is 0 Å². The van der Waals surface area contributed by atoms with Crippen LogP contribution < -0.4 is 0 Å². The quantitative estimate of drug-likeness (QED) is 0.649. The second-order valence-corrected chi connectivity index (χ2v) is 2.15. The standard InChI is InChI=1S/C6H14O3.6CH4/c1-6(2,8-4)9-5-7-3;;;;;;/h5H2,1-4H3;6*1H4. The Morgan fingerprint density at radius 2 is 1.13 bits per heavy atom. The van der Waals surface area contributed by atoms with Crippen LogP contribution in [0.5, 0.6) is 0 Å². The molecule has 0 aliphatic carbocycles. The first-order chi connectivity index (χ1) is 4.12. The van der Waals surface area contributed by atoms with Gasteiger partial charge in [0.25, 0.3) is 0 Å². The summed E-state index contributed by atoms with van der Waals surface area (Å²) in [4.78, 5) is 0. The average Bonchev–Trinajstić information content (AvgIpc) is 1.84. The van der Waals surface area contributed by atoms with E-state index in [1.807, 2.05) is 13.8 Å². The largest absolute Gasteiger partial charge is 0.359 e. The van der Waals surface area contributed by atoms with Crippen LogP contribution in [-0.4, -0.2) is 26.8 Å². The van der Waals surface area contributed by atoms with Gasteiger partial charge in [0, 0.05) is 14.2 Å². The van der Waals surface area contributed by atoms with Crippen LogP contribution in [0.3, 0.4) is 0 Å². The predicted molar refractivity (Wildman–Crippen MR) is 74.4 cm³/mol. The van der Waals surface area contributed by atoms with Crippen molar-refractivity contribution in [3.05, 3.63) is 0 Å². The summed E-state index contributed by atoms with van der Waals surface area (Å²) in [6.07, 6.45) is 0. The van der Waals surface area contributed by atoms with Crippen LogP contribution >= 0.6 is 0 Å². The molecule has 0 saturated carbocycles. The van der Waals surface area contributed by atoms with E-state index in [2.05, 4.69) is 4.74 Å². The molecule has 0 aliphatic heterocycles. The van der Waals surface area contributed by atoms with Crippen LogP contribution in [0.1, 0.15) is 58.4 Å². The molecule has 0 unspecified atom stereocenters. The van der Waals surface area contributed by atoms with Gasteiger partial charge in [0.15, 0.2) is 5.79 Å². The minimum absolute atomic E-state index is 0. The van der Waals surface area contributed by atoms with E-state index in [-0.39, 0.29) is 51.4 Å². The van der Waals surface area contributed by atoms with Gasteiger partial charge in [-0.1, -0.05) is 44.6 Å². The molecular formula is C12H38O3. The summed E-state index contributed by atoms with van der Waals surface area (Å²) in [7, 11) is 3.17.